The van der Waals surface area contributed by atoms with Gasteiger partial charge in [-0.15, -0.1) is 0 Å². The molecule has 1 fully saturated rings. The van der Waals surface area contributed by atoms with Gasteiger partial charge in [-0.2, -0.15) is 0 Å². The molecule has 12 atom stereocenters. The van der Waals surface area contributed by atoms with Crippen molar-refractivity contribution in [3.8, 4) is 0 Å². The highest BCUT2D eigenvalue weighted by molar-refractivity contribution is 6.24. The monoisotopic (exact) mass is 992 g/mol. The molecule has 0 radical (unpaired) electrons. The van der Waals surface area contributed by atoms with Crippen LogP contribution in [0.4, 0.5) is 0 Å². The van der Waals surface area contributed by atoms with Crippen LogP contribution in [-0.2, 0) is 60.5 Å². The number of carboxylic acid groups (broad SMARTS) is 2. The summed E-state index contributed by atoms with van der Waals surface area (Å²) in [5.74, 6) is -9.77. The number of aldehydes is 1. The van der Waals surface area contributed by atoms with Crippen LogP contribution in [0.25, 0.3) is 5.57 Å². The number of aliphatic carboxylic acids is 2. The Bertz CT molecular complexity index is 2670. The minimum absolute atomic E-state index is 0.0675. The van der Waals surface area contributed by atoms with Crippen LogP contribution in [0.5, 0.6) is 0 Å². The molecular formula is C48H56N4O19. The van der Waals surface area contributed by atoms with Crippen molar-refractivity contribution in [3.63, 3.8) is 0 Å². The number of aromatic amines is 2. The number of carboxylic acids is 2. The Morgan fingerprint density at radius 3 is 2.32 bits per heavy atom. The first-order chi connectivity index (χ1) is 33.7. The number of allylic oxidation sites excluding steroid dienone is 1. The minimum Gasteiger partial charge on any atom is -0.478 e. The van der Waals surface area contributed by atoms with Crippen molar-refractivity contribution >= 4 is 53.1 Å². The fraction of sp³-hybridized carbons (Fsp3) is 0.500. The summed E-state index contributed by atoms with van der Waals surface area (Å²) < 4.78 is 26.8. The van der Waals surface area contributed by atoms with Crippen LogP contribution >= 0.6 is 0 Å². The highest BCUT2D eigenvalue weighted by Crippen LogP contribution is 2.49. The number of nitrogens with zero attached hydrogens (tertiary/aromatic N) is 1. The molecule has 0 aromatic carbocycles. The highest BCUT2D eigenvalue weighted by atomic mass is 16.7. The van der Waals surface area contributed by atoms with Crippen molar-refractivity contribution in [2.75, 3.05) is 20.3 Å². The Labute approximate surface area is 404 Å². The number of aliphatic imine (C=N–C) groups is 1. The topological polar surface area (TPSA) is 363 Å². The molecular weight excluding hydrogens is 937 g/mol. The van der Waals surface area contributed by atoms with E-state index in [4.69, 9.17) is 28.7 Å². The number of methoxy groups -OCH3 is 1. The summed E-state index contributed by atoms with van der Waals surface area (Å²) in [6.45, 7) is 9.97. The second kappa shape index (κ2) is 21.0. The van der Waals surface area contributed by atoms with Crippen molar-refractivity contribution < 1.29 is 93.0 Å². The summed E-state index contributed by atoms with van der Waals surface area (Å²) in [5.41, 5.74) is 5.42. The van der Waals surface area contributed by atoms with Gasteiger partial charge < -0.3 is 74.7 Å². The normalized spacial score (nSPS) is 30.3. The SMILES string of the molecule is C=CC1=C(C)C(CC2=NC(=C3c4[nH]c(Cc5[nH]c(C=O)c(C)c5CCOC5OC(CO)C(O)C(O)C5O)c(C)c4C(=O)C3C(=O)OC)C(CCC(=O)OC3C(O)C=C(C(=O)O)OC3C(=O)O)C2C)NC1=O. The molecule has 1 aliphatic carbocycles. The van der Waals surface area contributed by atoms with Gasteiger partial charge in [-0.1, -0.05) is 19.6 Å². The number of carbonyl (C=O) groups excluding carboxylic acids is 5. The number of amides is 1. The van der Waals surface area contributed by atoms with Crippen molar-refractivity contribution in [2.45, 2.75) is 115 Å². The molecule has 23 heteroatoms. The molecule has 0 spiro atoms. The predicted molar refractivity (Wildman–Crippen MR) is 242 cm³/mol. The zero-order chi connectivity index (χ0) is 51.9. The molecule has 12 unspecified atom stereocenters. The lowest BCUT2D eigenvalue weighted by Gasteiger charge is -2.39. The number of hydrogen-bond acceptors (Lipinski definition) is 18. The van der Waals surface area contributed by atoms with Crippen LogP contribution in [0, 0.1) is 31.6 Å². The molecule has 7 rings (SSSR count). The van der Waals surface area contributed by atoms with Crippen LogP contribution in [0.2, 0.25) is 0 Å². The quantitative estimate of drug-likeness (QED) is 0.0535. The Morgan fingerprint density at radius 2 is 1.70 bits per heavy atom. The number of nitrogens with one attached hydrogen (secondary N) is 3. The number of aromatic nitrogens is 2. The first-order valence-corrected chi connectivity index (χ1v) is 22.8. The number of esters is 2. The van der Waals surface area contributed by atoms with E-state index in [1.807, 2.05) is 6.92 Å². The van der Waals surface area contributed by atoms with E-state index in [0.29, 0.717) is 57.3 Å². The molecule has 382 valence electrons. The summed E-state index contributed by atoms with van der Waals surface area (Å²) in [6, 6.07) is -0.509. The zero-order valence-corrected chi connectivity index (χ0v) is 39.3. The molecule has 1 saturated heterocycles. The van der Waals surface area contributed by atoms with Gasteiger partial charge in [0.05, 0.1) is 43.5 Å². The fourth-order valence-electron chi connectivity index (χ4n) is 10.0. The Hall–Kier alpha value is -6.60. The van der Waals surface area contributed by atoms with Gasteiger partial charge in [-0.25, -0.2) is 9.59 Å². The predicted octanol–water partition coefficient (Wildman–Crippen LogP) is 0.0212. The van der Waals surface area contributed by atoms with E-state index in [1.54, 1.807) is 20.8 Å². The lowest BCUT2D eigenvalue weighted by molar-refractivity contribution is -0.300. The van der Waals surface area contributed by atoms with Gasteiger partial charge in [0.2, 0.25) is 11.9 Å². The first kappa shape index (κ1) is 52.2. The summed E-state index contributed by atoms with van der Waals surface area (Å²) >= 11 is 0. The van der Waals surface area contributed by atoms with Crippen molar-refractivity contribution in [3.05, 3.63) is 86.4 Å². The number of ether oxygens (including phenoxy) is 5. The lowest BCUT2D eigenvalue weighted by Crippen LogP contribution is -2.59. The second-order valence-electron chi connectivity index (χ2n) is 18.1. The van der Waals surface area contributed by atoms with E-state index in [0.717, 1.165) is 7.11 Å². The van der Waals surface area contributed by atoms with Crippen LogP contribution in [0.1, 0.15) is 87.7 Å². The standard InChI is InChI=1S/C48H56N4O19/c1-7-21-17(2)25(52-44(21)61)12-24-19(4)23(8-9-32(56)71-42-29(55)14-30(45(62)63)69-43(42)46(64)65)36(50-24)34-35(47(66)67-6)39(58)33-20(5)26(51-37(33)34)13-27-22(18(3)28(15-53)49-27)10-11-68-48-41(60)40(59)38(57)31(16-54)70-48/h7,14-15,19,23,25,29,31,35,38,40-43,48-49,51,54-55,57,59-60H,1,8-13,16H2,2-6H3,(H,52,61)(H,62,63)(H,64,65). The maximum atomic E-state index is 14.6. The summed E-state index contributed by atoms with van der Waals surface area (Å²) in [4.78, 5) is 102. The number of aliphatic hydroxyl groups excluding tert-OH is 5. The number of hydrogen-bond donors (Lipinski definition) is 10. The number of aliphatic hydroxyl groups is 5. The number of fused-ring (bicyclic) bond motifs is 1. The summed E-state index contributed by atoms with van der Waals surface area (Å²) in [6.07, 6.45) is -10.5. The van der Waals surface area contributed by atoms with Gasteiger partial charge in [0.1, 0.15) is 36.4 Å². The third kappa shape index (κ3) is 9.77. The number of carbonyl (C=O) groups is 7. The second-order valence-corrected chi connectivity index (χ2v) is 18.1. The van der Waals surface area contributed by atoms with E-state index in [1.165, 1.54) is 6.08 Å². The Kier molecular flexibility index (Phi) is 15.5. The first-order valence-electron chi connectivity index (χ1n) is 22.8. The molecule has 2 aromatic rings. The smallest absolute Gasteiger partial charge is 0.370 e. The van der Waals surface area contributed by atoms with Gasteiger partial charge in [0, 0.05) is 64.9 Å². The third-order valence-corrected chi connectivity index (χ3v) is 14.0. The molecule has 71 heavy (non-hydrogen) atoms. The molecule has 0 bridgehead atoms. The van der Waals surface area contributed by atoms with E-state index >= 15 is 0 Å². The van der Waals surface area contributed by atoms with Crippen LogP contribution in [0.3, 0.4) is 0 Å². The molecule has 10 N–H and O–H groups in total. The number of Topliss-reactive ketones (excluding diaryl/α,β-unsaturated/α-hetero) is 1. The van der Waals surface area contributed by atoms with Gasteiger partial charge in [0.25, 0.3) is 5.91 Å². The van der Waals surface area contributed by atoms with E-state index in [9.17, 15) is 69.3 Å². The number of rotatable bonds is 18. The third-order valence-electron chi connectivity index (χ3n) is 14.0. The van der Waals surface area contributed by atoms with Crippen LogP contribution < -0.4 is 5.32 Å². The van der Waals surface area contributed by atoms with Gasteiger partial charge in [0.15, 0.2) is 24.5 Å². The summed E-state index contributed by atoms with van der Waals surface area (Å²) in [5, 5.41) is 73.2. The maximum absolute atomic E-state index is 14.6. The molecule has 2 aromatic heterocycles. The summed E-state index contributed by atoms with van der Waals surface area (Å²) in [7, 11) is 1.13. The average Bonchev–Trinajstić information content (AvgIpc) is 4.08. The van der Waals surface area contributed by atoms with E-state index in [2.05, 4.69) is 21.9 Å². The number of ketones is 1. The van der Waals surface area contributed by atoms with Gasteiger partial charge in [-0.3, -0.25) is 29.0 Å². The fourth-order valence-corrected chi connectivity index (χ4v) is 10.0. The molecule has 4 aliphatic heterocycles. The lowest BCUT2D eigenvalue weighted by atomic mass is 9.82. The Morgan fingerprint density at radius 1 is 0.986 bits per heavy atom. The van der Waals surface area contributed by atoms with Crippen LogP contribution in [0.15, 0.2) is 46.3 Å². The minimum atomic E-state index is -2.06. The zero-order valence-electron chi connectivity index (χ0n) is 39.3. The molecule has 1 amide bonds. The van der Waals surface area contributed by atoms with Crippen LogP contribution in [-0.4, -0.2) is 169 Å². The molecule has 6 heterocycles. The average molecular weight is 993 g/mol. The number of H-pyrrole nitrogens is 2. The van der Waals surface area contributed by atoms with Crippen molar-refractivity contribution in [1.29, 1.82) is 0 Å². The van der Waals surface area contributed by atoms with E-state index < -0.39 is 121 Å². The van der Waals surface area contributed by atoms with Crippen molar-refractivity contribution in [2.24, 2.45) is 22.7 Å². The highest BCUT2D eigenvalue weighted by Gasteiger charge is 2.50. The van der Waals surface area contributed by atoms with Crippen molar-refractivity contribution in [1.82, 2.24) is 15.3 Å². The maximum Gasteiger partial charge on any atom is 0.370 e. The van der Waals surface area contributed by atoms with E-state index in [-0.39, 0.29) is 66.4 Å². The van der Waals surface area contributed by atoms with Gasteiger partial charge in [-0.05, 0) is 62.0 Å². The van der Waals surface area contributed by atoms with Gasteiger partial charge >= 0.3 is 23.9 Å². The molecule has 0 saturated carbocycles. The molecule has 5 aliphatic rings. The molecule has 23 nitrogen and oxygen atoms in total. The Balaban J connectivity index is 1.24. The largest absolute Gasteiger partial charge is 0.478 e.